The summed E-state index contributed by atoms with van der Waals surface area (Å²) in [6.45, 7) is 6.51. The van der Waals surface area contributed by atoms with Crippen LogP contribution in [-0.2, 0) is 13.0 Å². The van der Waals surface area contributed by atoms with Gasteiger partial charge in [0.25, 0.3) is 5.91 Å². The van der Waals surface area contributed by atoms with Crippen molar-refractivity contribution in [2.24, 2.45) is 0 Å². The fraction of sp³-hybridized carbons (Fsp3) is 0.421. The van der Waals surface area contributed by atoms with Crippen LogP contribution in [0.15, 0.2) is 42.9 Å². The summed E-state index contributed by atoms with van der Waals surface area (Å²) in [5.41, 5.74) is 3.00. The summed E-state index contributed by atoms with van der Waals surface area (Å²) in [5.74, 6) is -0.296. The van der Waals surface area contributed by atoms with Crippen LogP contribution in [0.2, 0.25) is 0 Å². The van der Waals surface area contributed by atoms with Crippen molar-refractivity contribution in [1.29, 1.82) is 0 Å². The van der Waals surface area contributed by atoms with E-state index < -0.39 is 6.10 Å². The maximum absolute atomic E-state index is 11.9. The van der Waals surface area contributed by atoms with Gasteiger partial charge in [0.05, 0.1) is 6.10 Å². The third kappa shape index (κ3) is 5.62. The van der Waals surface area contributed by atoms with Gasteiger partial charge in [0.1, 0.15) is 12.0 Å². The molecule has 1 aliphatic rings. The number of amides is 1. The van der Waals surface area contributed by atoms with Gasteiger partial charge in [-0.25, -0.2) is 9.97 Å². The molecule has 3 rings (SSSR count). The van der Waals surface area contributed by atoms with Crippen molar-refractivity contribution in [3.63, 3.8) is 0 Å². The Kier molecular flexibility index (Phi) is 7.50. The summed E-state index contributed by atoms with van der Waals surface area (Å²) in [6, 6.07) is 9.94. The van der Waals surface area contributed by atoms with Crippen molar-refractivity contribution in [3.8, 4) is 0 Å². The van der Waals surface area contributed by atoms with E-state index in [1.54, 1.807) is 6.07 Å². The number of fused-ring (bicyclic) bond motifs is 1. The van der Waals surface area contributed by atoms with Crippen LogP contribution in [0.5, 0.6) is 0 Å². The second-order valence-electron chi connectivity index (χ2n) is 5.71. The number of benzene rings is 1. The molecule has 1 aromatic heterocycles. The summed E-state index contributed by atoms with van der Waals surface area (Å²) < 4.78 is 0. The Morgan fingerprint density at radius 1 is 1.28 bits per heavy atom. The predicted octanol–water partition coefficient (Wildman–Crippen LogP) is 1.65. The maximum atomic E-state index is 11.9. The first-order valence-electron chi connectivity index (χ1n) is 8.74. The molecule has 1 aromatic carbocycles. The van der Waals surface area contributed by atoms with E-state index in [0.29, 0.717) is 12.2 Å². The number of hydrogen-bond donors (Lipinski definition) is 2. The molecule has 134 valence electrons. The number of aromatic nitrogens is 2. The number of nitrogens with one attached hydrogen (secondary N) is 1. The molecule has 1 aliphatic heterocycles. The minimum atomic E-state index is -0.606. The Hall–Kier alpha value is -2.31. The molecule has 0 saturated carbocycles. The van der Waals surface area contributed by atoms with Crippen LogP contribution in [0.25, 0.3) is 0 Å². The van der Waals surface area contributed by atoms with Gasteiger partial charge in [-0.3, -0.25) is 9.69 Å². The summed E-state index contributed by atoms with van der Waals surface area (Å²) in [7, 11) is 0. The molecule has 0 bridgehead atoms. The van der Waals surface area contributed by atoms with Crippen molar-refractivity contribution in [2.45, 2.75) is 32.9 Å². The van der Waals surface area contributed by atoms with E-state index in [4.69, 9.17) is 0 Å². The Labute approximate surface area is 148 Å². The van der Waals surface area contributed by atoms with Crippen LogP contribution in [0.1, 0.15) is 35.5 Å². The summed E-state index contributed by atoms with van der Waals surface area (Å²) >= 11 is 0. The molecule has 0 radical (unpaired) electrons. The van der Waals surface area contributed by atoms with E-state index in [-0.39, 0.29) is 12.5 Å². The molecule has 0 aliphatic carbocycles. The van der Waals surface area contributed by atoms with Gasteiger partial charge < -0.3 is 10.4 Å². The molecule has 6 nitrogen and oxygen atoms in total. The molecule has 0 spiro atoms. The lowest BCUT2D eigenvalue weighted by atomic mass is 10.00. The van der Waals surface area contributed by atoms with E-state index in [1.807, 2.05) is 19.9 Å². The van der Waals surface area contributed by atoms with Gasteiger partial charge in [0, 0.05) is 32.4 Å². The highest BCUT2D eigenvalue weighted by Gasteiger charge is 2.19. The Bertz CT molecular complexity index is 663. The van der Waals surface area contributed by atoms with Gasteiger partial charge in [-0.05, 0) is 23.6 Å². The zero-order chi connectivity index (χ0) is 18.1. The van der Waals surface area contributed by atoms with Gasteiger partial charge in [0.2, 0.25) is 0 Å². The highest BCUT2D eigenvalue weighted by atomic mass is 16.3. The molecule has 25 heavy (non-hydrogen) atoms. The number of carbonyl (C=O) groups excluding carboxylic acids is 1. The third-order valence-corrected chi connectivity index (χ3v) is 3.99. The van der Waals surface area contributed by atoms with Gasteiger partial charge in [-0.15, -0.1) is 0 Å². The molecule has 0 fully saturated rings. The summed E-state index contributed by atoms with van der Waals surface area (Å²) in [5, 5.41) is 12.9. The lowest BCUT2D eigenvalue weighted by Gasteiger charge is -2.30. The number of carbonyl (C=O) groups is 1. The summed E-state index contributed by atoms with van der Waals surface area (Å²) in [4.78, 5) is 21.7. The Morgan fingerprint density at radius 2 is 2.04 bits per heavy atom. The van der Waals surface area contributed by atoms with Crippen molar-refractivity contribution < 1.29 is 9.90 Å². The normalized spacial score (nSPS) is 14.7. The van der Waals surface area contributed by atoms with Crippen LogP contribution in [0.3, 0.4) is 0 Å². The highest BCUT2D eigenvalue weighted by molar-refractivity contribution is 5.92. The van der Waals surface area contributed by atoms with Crippen molar-refractivity contribution in [1.82, 2.24) is 20.2 Å². The Morgan fingerprint density at radius 3 is 2.76 bits per heavy atom. The standard InChI is InChI=1S/C17H20N4O2.C2H6/c22-15(9-19-17(23)16-5-7-18-12-20-16)11-21-8-6-13-3-1-2-4-14(13)10-21;1-2/h1-5,7,12,15,22H,6,8-11H2,(H,19,23);1-2H3/t15-;/m0./s1. The van der Waals surface area contributed by atoms with E-state index >= 15 is 0 Å². The second-order valence-corrected chi connectivity index (χ2v) is 5.71. The van der Waals surface area contributed by atoms with Crippen LogP contribution in [0.4, 0.5) is 0 Å². The number of aliphatic hydroxyl groups is 1. The predicted molar refractivity (Wildman–Crippen MR) is 97.1 cm³/mol. The number of β-amino-alcohol motifs (C(OH)–C–C–N with tert-alkyl or cyclic N) is 1. The highest BCUT2D eigenvalue weighted by Crippen LogP contribution is 2.18. The van der Waals surface area contributed by atoms with Crippen LogP contribution in [-0.4, -0.2) is 51.6 Å². The zero-order valence-electron chi connectivity index (χ0n) is 14.9. The van der Waals surface area contributed by atoms with E-state index in [0.717, 1.165) is 19.5 Å². The third-order valence-electron chi connectivity index (χ3n) is 3.99. The molecule has 2 heterocycles. The lowest BCUT2D eigenvalue weighted by Crippen LogP contribution is -2.42. The first-order valence-corrected chi connectivity index (χ1v) is 8.74. The molecule has 2 aromatic rings. The summed E-state index contributed by atoms with van der Waals surface area (Å²) in [6.07, 6.45) is 3.24. The van der Waals surface area contributed by atoms with Crippen molar-refractivity contribution >= 4 is 5.91 Å². The van der Waals surface area contributed by atoms with E-state index in [1.165, 1.54) is 23.7 Å². The van der Waals surface area contributed by atoms with Crippen molar-refractivity contribution in [2.75, 3.05) is 19.6 Å². The van der Waals surface area contributed by atoms with E-state index in [9.17, 15) is 9.90 Å². The number of hydrogen-bond acceptors (Lipinski definition) is 5. The zero-order valence-corrected chi connectivity index (χ0v) is 14.9. The largest absolute Gasteiger partial charge is 0.390 e. The monoisotopic (exact) mass is 342 g/mol. The smallest absolute Gasteiger partial charge is 0.270 e. The minimum absolute atomic E-state index is 0.209. The molecule has 0 unspecified atom stereocenters. The molecule has 6 heteroatoms. The average Bonchev–Trinajstić information content (AvgIpc) is 2.68. The molecule has 1 amide bonds. The maximum Gasteiger partial charge on any atom is 0.270 e. The molecule has 2 N–H and O–H groups in total. The second kappa shape index (κ2) is 9.86. The molecular formula is C19H26N4O2. The van der Waals surface area contributed by atoms with E-state index in [2.05, 4.69) is 38.4 Å². The molecular weight excluding hydrogens is 316 g/mol. The molecule has 1 atom stereocenters. The average molecular weight is 342 g/mol. The fourth-order valence-electron chi connectivity index (χ4n) is 2.80. The van der Waals surface area contributed by atoms with Crippen LogP contribution in [0, 0.1) is 0 Å². The van der Waals surface area contributed by atoms with Gasteiger partial charge in [0.15, 0.2) is 0 Å². The van der Waals surface area contributed by atoms with Gasteiger partial charge >= 0.3 is 0 Å². The number of nitrogens with zero attached hydrogens (tertiary/aromatic N) is 3. The molecule has 0 saturated heterocycles. The number of aliphatic hydroxyl groups excluding tert-OH is 1. The van der Waals surface area contributed by atoms with Crippen LogP contribution >= 0.6 is 0 Å². The lowest BCUT2D eigenvalue weighted by molar-refractivity contribution is 0.0838. The first-order chi connectivity index (χ1) is 12.2. The van der Waals surface area contributed by atoms with Crippen LogP contribution < -0.4 is 5.32 Å². The SMILES string of the molecule is CC.O=C(NC[C@H](O)CN1CCc2ccccc2C1)c1ccncn1. The topological polar surface area (TPSA) is 78.4 Å². The quantitative estimate of drug-likeness (QED) is 0.864. The fourth-order valence-corrected chi connectivity index (χ4v) is 2.80. The first kappa shape index (κ1) is 19.0. The minimum Gasteiger partial charge on any atom is -0.390 e. The van der Waals surface area contributed by atoms with Gasteiger partial charge in [-0.1, -0.05) is 38.1 Å². The number of rotatable bonds is 5. The van der Waals surface area contributed by atoms with Crippen molar-refractivity contribution in [3.05, 3.63) is 59.7 Å². The van der Waals surface area contributed by atoms with Gasteiger partial charge in [-0.2, -0.15) is 0 Å². The Balaban J connectivity index is 0.00000109.